The summed E-state index contributed by atoms with van der Waals surface area (Å²) < 4.78 is 5.58. The maximum Gasteiger partial charge on any atom is 0.410 e. The Morgan fingerprint density at radius 3 is 2.45 bits per heavy atom. The van der Waals surface area contributed by atoms with E-state index in [1.54, 1.807) is 0 Å². The van der Waals surface area contributed by atoms with Crippen molar-refractivity contribution in [3.8, 4) is 0 Å². The molecule has 1 aromatic carbocycles. The monoisotopic (exact) mass is 304 g/mol. The zero-order valence-electron chi connectivity index (χ0n) is 14.6. The van der Waals surface area contributed by atoms with Crippen molar-refractivity contribution in [2.45, 2.75) is 53.2 Å². The van der Waals surface area contributed by atoms with Crippen molar-refractivity contribution >= 4 is 6.09 Å². The van der Waals surface area contributed by atoms with Gasteiger partial charge in [0.25, 0.3) is 0 Å². The van der Waals surface area contributed by atoms with E-state index < -0.39 is 5.60 Å². The summed E-state index contributed by atoms with van der Waals surface area (Å²) in [6.07, 6.45) is -0.225. The average molecular weight is 304 g/mol. The van der Waals surface area contributed by atoms with E-state index in [-0.39, 0.29) is 12.1 Å². The maximum absolute atomic E-state index is 12.5. The van der Waals surface area contributed by atoms with Crippen LogP contribution in [0.5, 0.6) is 0 Å². The second-order valence-electron chi connectivity index (χ2n) is 7.19. The Labute approximate surface area is 133 Å². The fourth-order valence-electron chi connectivity index (χ4n) is 2.86. The summed E-state index contributed by atoms with van der Waals surface area (Å²) in [6, 6.07) is 4.44. The first kappa shape index (κ1) is 16.8. The third-order valence-electron chi connectivity index (χ3n) is 4.11. The molecule has 1 fully saturated rings. The summed E-state index contributed by atoms with van der Waals surface area (Å²) in [6.45, 7) is 14.3. The normalized spacial score (nSPS) is 19.2. The number of nitrogens with zero attached hydrogens (tertiary/aromatic N) is 1. The number of aryl methyl sites for hydroxylation is 3. The molecule has 0 spiro atoms. The van der Waals surface area contributed by atoms with Gasteiger partial charge < -0.3 is 10.1 Å². The number of amides is 1. The summed E-state index contributed by atoms with van der Waals surface area (Å²) in [5.41, 5.74) is 4.51. The highest BCUT2D eigenvalue weighted by Crippen LogP contribution is 2.28. The Kier molecular flexibility index (Phi) is 4.81. The van der Waals surface area contributed by atoms with Crippen LogP contribution in [0.2, 0.25) is 0 Å². The van der Waals surface area contributed by atoms with Gasteiger partial charge in [-0.15, -0.1) is 0 Å². The van der Waals surface area contributed by atoms with Crippen molar-refractivity contribution in [1.29, 1.82) is 0 Å². The van der Waals surface area contributed by atoms with Gasteiger partial charge in [-0.2, -0.15) is 0 Å². The summed E-state index contributed by atoms with van der Waals surface area (Å²) in [4.78, 5) is 14.4. The molecule has 0 aliphatic carbocycles. The lowest BCUT2D eigenvalue weighted by molar-refractivity contribution is 0.0117. The smallest absolute Gasteiger partial charge is 0.410 e. The van der Waals surface area contributed by atoms with Gasteiger partial charge in [0.1, 0.15) is 5.60 Å². The average Bonchev–Trinajstić information content (AvgIpc) is 2.41. The fourth-order valence-corrected chi connectivity index (χ4v) is 2.86. The number of rotatable bonds is 1. The SMILES string of the molecule is Cc1cc(C)c(C2CNCCN2C(=O)OC(C)(C)C)cc1C. The van der Waals surface area contributed by atoms with Crippen LogP contribution in [0.3, 0.4) is 0 Å². The van der Waals surface area contributed by atoms with E-state index in [1.165, 1.54) is 22.3 Å². The van der Waals surface area contributed by atoms with Gasteiger partial charge in [0, 0.05) is 19.6 Å². The van der Waals surface area contributed by atoms with Crippen molar-refractivity contribution in [2.75, 3.05) is 19.6 Å². The third-order valence-corrected chi connectivity index (χ3v) is 4.11. The molecule has 2 rings (SSSR count). The van der Waals surface area contributed by atoms with Gasteiger partial charge in [0.15, 0.2) is 0 Å². The molecule has 22 heavy (non-hydrogen) atoms. The minimum atomic E-state index is -0.468. The van der Waals surface area contributed by atoms with E-state index in [0.29, 0.717) is 6.54 Å². The van der Waals surface area contributed by atoms with Gasteiger partial charge in [0.05, 0.1) is 6.04 Å². The van der Waals surface area contributed by atoms with Crippen LogP contribution in [0, 0.1) is 20.8 Å². The lowest BCUT2D eigenvalue weighted by atomic mass is 9.94. The van der Waals surface area contributed by atoms with Crippen LogP contribution in [0.15, 0.2) is 12.1 Å². The Balaban J connectivity index is 2.31. The van der Waals surface area contributed by atoms with Crippen LogP contribution in [0.25, 0.3) is 0 Å². The molecule has 122 valence electrons. The number of carbonyl (C=O) groups excluding carboxylic acids is 1. The first-order valence-corrected chi connectivity index (χ1v) is 7.97. The molecule has 1 N–H and O–H groups in total. The van der Waals surface area contributed by atoms with Gasteiger partial charge in [-0.25, -0.2) is 4.79 Å². The molecule has 4 heteroatoms. The molecule has 1 aliphatic rings. The van der Waals surface area contributed by atoms with E-state index in [1.807, 2.05) is 25.7 Å². The summed E-state index contributed by atoms with van der Waals surface area (Å²) >= 11 is 0. The second kappa shape index (κ2) is 6.29. The minimum Gasteiger partial charge on any atom is -0.444 e. The molecule has 0 radical (unpaired) electrons. The zero-order chi connectivity index (χ0) is 16.5. The molecule has 1 heterocycles. The molecule has 0 bridgehead atoms. The number of benzene rings is 1. The molecule has 1 aromatic rings. The van der Waals surface area contributed by atoms with Crippen molar-refractivity contribution in [3.05, 3.63) is 34.4 Å². The lowest BCUT2D eigenvalue weighted by Crippen LogP contribution is -2.50. The van der Waals surface area contributed by atoms with Crippen molar-refractivity contribution in [1.82, 2.24) is 10.2 Å². The molecule has 1 unspecified atom stereocenters. The van der Waals surface area contributed by atoms with Crippen LogP contribution in [-0.2, 0) is 4.74 Å². The van der Waals surface area contributed by atoms with E-state index in [0.717, 1.165) is 13.1 Å². The van der Waals surface area contributed by atoms with Gasteiger partial charge >= 0.3 is 6.09 Å². The molecule has 1 saturated heterocycles. The van der Waals surface area contributed by atoms with Crippen molar-refractivity contribution < 1.29 is 9.53 Å². The fraction of sp³-hybridized carbons (Fsp3) is 0.611. The second-order valence-corrected chi connectivity index (χ2v) is 7.19. The lowest BCUT2D eigenvalue weighted by Gasteiger charge is -2.38. The Hall–Kier alpha value is -1.55. The highest BCUT2D eigenvalue weighted by molar-refractivity contribution is 5.69. The van der Waals surface area contributed by atoms with E-state index in [2.05, 4.69) is 38.2 Å². The predicted molar refractivity (Wildman–Crippen MR) is 89.2 cm³/mol. The largest absolute Gasteiger partial charge is 0.444 e. The summed E-state index contributed by atoms with van der Waals surface area (Å²) in [7, 11) is 0. The Morgan fingerprint density at radius 2 is 1.82 bits per heavy atom. The molecule has 1 atom stereocenters. The number of piperazine rings is 1. The van der Waals surface area contributed by atoms with Crippen LogP contribution in [0.1, 0.15) is 49.1 Å². The molecule has 1 amide bonds. The van der Waals surface area contributed by atoms with Gasteiger partial charge in [-0.1, -0.05) is 12.1 Å². The molecule has 0 aromatic heterocycles. The third kappa shape index (κ3) is 3.80. The molecule has 1 aliphatic heterocycles. The Morgan fingerprint density at radius 1 is 1.18 bits per heavy atom. The van der Waals surface area contributed by atoms with Crippen LogP contribution >= 0.6 is 0 Å². The van der Waals surface area contributed by atoms with Crippen LogP contribution < -0.4 is 5.32 Å². The van der Waals surface area contributed by atoms with E-state index in [9.17, 15) is 4.79 Å². The van der Waals surface area contributed by atoms with Crippen molar-refractivity contribution in [3.63, 3.8) is 0 Å². The predicted octanol–water partition coefficient (Wildman–Crippen LogP) is 3.49. The molecule has 4 nitrogen and oxygen atoms in total. The number of ether oxygens (including phenoxy) is 1. The van der Waals surface area contributed by atoms with Crippen molar-refractivity contribution in [2.24, 2.45) is 0 Å². The van der Waals surface area contributed by atoms with Crippen LogP contribution in [-0.4, -0.2) is 36.2 Å². The number of nitrogens with one attached hydrogen (secondary N) is 1. The highest BCUT2D eigenvalue weighted by atomic mass is 16.6. The standard InChI is InChI=1S/C18H28N2O2/c1-12-9-14(3)15(10-13(12)2)16-11-19-7-8-20(16)17(21)22-18(4,5)6/h9-10,16,19H,7-8,11H2,1-6H3. The molecule has 0 saturated carbocycles. The molecular weight excluding hydrogens is 276 g/mol. The zero-order valence-corrected chi connectivity index (χ0v) is 14.6. The number of hydrogen-bond donors (Lipinski definition) is 1. The maximum atomic E-state index is 12.5. The Bertz CT molecular complexity index is 561. The quantitative estimate of drug-likeness (QED) is 0.863. The first-order valence-electron chi connectivity index (χ1n) is 7.97. The van der Waals surface area contributed by atoms with E-state index >= 15 is 0 Å². The topological polar surface area (TPSA) is 41.6 Å². The van der Waals surface area contributed by atoms with Gasteiger partial charge in [0.2, 0.25) is 0 Å². The van der Waals surface area contributed by atoms with E-state index in [4.69, 9.17) is 4.74 Å². The number of hydrogen-bond acceptors (Lipinski definition) is 3. The number of carbonyl (C=O) groups is 1. The highest BCUT2D eigenvalue weighted by Gasteiger charge is 2.32. The summed E-state index contributed by atoms with van der Waals surface area (Å²) in [5, 5.41) is 3.39. The minimum absolute atomic E-state index is 0.0305. The first-order chi connectivity index (χ1) is 10.2. The summed E-state index contributed by atoms with van der Waals surface area (Å²) in [5.74, 6) is 0. The molecular formula is C18H28N2O2. The van der Waals surface area contributed by atoms with Gasteiger partial charge in [-0.05, 0) is 63.8 Å². The van der Waals surface area contributed by atoms with Crippen LogP contribution in [0.4, 0.5) is 4.79 Å². The van der Waals surface area contributed by atoms with Gasteiger partial charge in [-0.3, -0.25) is 4.90 Å².